The van der Waals surface area contributed by atoms with Crippen molar-refractivity contribution < 1.29 is 13.9 Å². The van der Waals surface area contributed by atoms with Crippen molar-refractivity contribution in [1.82, 2.24) is 20.1 Å². The molecule has 1 N–H and O–H groups in total. The lowest BCUT2D eigenvalue weighted by Crippen LogP contribution is -2.28. The Balaban J connectivity index is 1.41. The molecule has 2 aromatic heterocycles. The Morgan fingerprint density at radius 3 is 2.64 bits per heavy atom. The van der Waals surface area contributed by atoms with Crippen LogP contribution in [0.2, 0.25) is 5.02 Å². The van der Waals surface area contributed by atoms with E-state index in [0.29, 0.717) is 28.3 Å². The number of nitrogens with one attached hydrogen (secondary N) is 1. The molecule has 0 saturated heterocycles. The van der Waals surface area contributed by atoms with Gasteiger partial charge in [-0.3, -0.25) is 9.36 Å². The molecule has 0 aliphatic heterocycles. The van der Waals surface area contributed by atoms with Gasteiger partial charge in [0.1, 0.15) is 18.1 Å². The van der Waals surface area contributed by atoms with E-state index in [1.165, 1.54) is 11.8 Å². The van der Waals surface area contributed by atoms with Gasteiger partial charge in [0.25, 0.3) is 0 Å². The maximum Gasteiger partial charge on any atom is 0.230 e. The SMILES string of the molecule is C[C@H](NC(=O)CSc1nnc(COc2ccc(Cl)cc2)n1Cc1ccco1)c1ccccc1. The van der Waals surface area contributed by atoms with E-state index in [1.54, 1.807) is 30.5 Å². The number of hydrogen-bond donors (Lipinski definition) is 1. The third kappa shape index (κ3) is 6.40. The second-order valence-electron chi connectivity index (χ2n) is 7.30. The molecule has 0 spiro atoms. The number of ether oxygens (including phenoxy) is 1. The molecular weight excluding hydrogens is 460 g/mol. The van der Waals surface area contributed by atoms with Crippen LogP contribution in [0.1, 0.15) is 30.1 Å². The smallest absolute Gasteiger partial charge is 0.230 e. The highest BCUT2D eigenvalue weighted by atomic mass is 35.5. The monoisotopic (exact) mass is 482 g/mol. The fourth-order valence-corrected chi connectivity index (χ4v) is 4.06. The van der Waals surface area contributed by atoms with Gasteiger partial charge in [-0.2, -0.15) is 0 Å². The van der Waals surface area contributed by atoms with E-state index in [0.717, 1.165) is 11.3 Å². The van der Waals surface area contributed by atoms with E-state index in [1.807, 2.05) is 54.0 Å². The molecule has 4 aromatic rings. The van der Waals surface area contributed by atoms with Crippen LogP contribution in [0.4, 0.5) is 0 Å². The number of hydrogen-bond acceptors (Lipinski definition) is 6. The molecule has 0 aliphatic rings. The molecule has 1 amide bonds. The molecule has 33 heavy (non-hydrogen) atoms. The molecule has 0 aliphatic carbocycles. The molecule has 0 fully saturated rings. The molecule has 170 valence electrons. The standard InChI is InChI=1S/C24H23ClN4O3S/c1-17(18-6-3-2-4-7-18)26-23(30)16-33-24-28-27-22(29(24)14-21-8-5-13-31-21)15-32-20-11-9-19(25)10-12-20/h2-13,17H,14-16H2,1H3,(H,26,30)/t17-/m0/s1. The summed E-state index contributed by atoms with van der Waals surface area (Å²) >= 11 is 7.26. The van der Waals surface area contributed by atoms with Gasteiger partial charge in [0.2, 0.25) is 5.91 Å². The number of thioether (sulfide) groups is 1. The average molecular weight is 483 g/mol. The number of rotatable bonds is 10. The summed E-state index contributed by atoms with van der Waals surface area (Å²) in [5.41, 5.74) is 1.05. The van der Waals surface area contributed by atoms with Crippen molar-refractivity contribution in [2.75, 3.05) is 5.75 Å². The molecule has 0 bridgehead atoms. The summed E-state index contributed by atoms with van der Waals surface area (Å²) in [5.74, 6) is 2.19. The number of aromatic nitrogens is 3. The average Bonchev–Trinajstić information content (AvgIpc) is 3.48. The highest BCUT2D eigenvalue weighted by Gasteiger charge is 2.17. The first-order valence-corrected chi connectivity index (χ1v) is 11.7. The molecule has 4 rings (SSSR count). The van der Waals surface area contributed by atoms with Crippen LogP contribution in [0.3, 0.4) is 0 Å². The lowest BCUT2D eigenvalue weighted by Gasteiger charge is -2.14. The lowest BCUT2D eigenvalue weighted by molar-refractivity contribution is -0.119. The summed E-state index contributed by atoms with van der Waals surface area (Å²) in [6.07, 6.45) is 1.62. The van der Waals surface area contributed by atoms with Gasteiger partial charge < -0.3 is 14.5 Å². The van der Waals surface area contributed by atoms with Crippen LogP contribution in [0.25, 0.3) is 0 Å². The van der Waals surface area contributed by atoms with E-state index in [-0.39, 0.29) is 24.3 Å². The van der Waals surface area contributed by atoms with Gasteiger partial charge in [-0.15, -0.1) is 10.2 Å². The van der Waals surface area contributed by atoms with Crippen LogP contribution in [-0.2, 0) is 17.9 Å². The van der Waals surface area contributed by atoms with Crippen LogP contribution < -0.4 is 10.1 Å². The zero-order valence-corrected chi connectivity index (χ0v) is 19.6. The van der Waals surface area contributed by atoms with Crippen molar-refractivity contribution in [3.05, 3.63) is 95.2 Å². The minimum Gasteiger partial charge on any atom is -0.486 e. The molecule has 0 saturated carbocycles. The predicted octanol–water partition coefficient (Wildman–Crippen LogP) is 5.12. The molecule has 0 radical (unpaired) electrons. The van der Waals surface area contributed by atoms with Crippen LogP contribution in [0.5, 0.6) is 5.75 Å². The first-order valence-electron chi connectivity index (χ1n) is 10.4. The van der Waals surface area contributed by atoms with Crippen molar-refractivity contribution in [1.29, 1.82) is 0 Å². The Bertz CT molecular complexity index is 1160. The topological polar surface area (TPSA) is 82.2 Å². The predicted molar refractivity (Wildman–Crippen MR) is 127 cm³/mol. The quantitative estimate of drug-likeness (QED) is 0.316. The maximum absolute atomic E-state index is 12.5. The van der Waals surface area contributed by atoms with Gasteiger partial charge in [-0.1, -0.05) is 53.7 Å². The molecule has 9 heteroatoms. The Morgan fingerprint density at radius 2 is 1.91 bits per heavy atom. The second kappa shape index (κ2) is 11.1. The number of nitrogens with zero attached hydrogens (tertiary/aromatic N) is 3. The van der Waals surface area contributed by atoms with Gasteiger partial charge in [-0.25, -0.2) is 0 Å². The van der Waals surface area contributed by atoms with Gasteiger partial charge in [0, 0.05) is 5.02 Å². The van der Waals surface area contributed by atoms with Gasteiger partial charge >= 0.3 is 0 Å². The minimum absolute atomic E-state index is 0.0800. The molecule has 0 unspecified atom stereocenters. The van der Waals surface area contributed by atoms with E-state index < -0.39 is 0 Å². The maximum atomic E-state index is 12.5. The van der Waals surface area contributed by atoms with Crippen LogP contribution in [0, 0.1) is 0 Å². The van der Waals surface area contributed by atoms with Crippen molar-refractivity contribution in [3.63, 3.8) is 0 Å². The Morgan fingerprint density at radius 1 is 1.12 bits per heavy atom. The van der Waals surface area contributed by atoms with E-state index in [9.17, 15) is 4.79 Å². The molecular formula is C24H23ClN4O3S. The number of amides is 1. The largest absolute Gasteiger partial charge is 0.486 e. The van der Waals surface area contributed by atoms with Crippen molar-refractivity contribution in [3.8, 4) is 5.75 Å². The summed E-state index contributed by atoms with van der Waals surface area (Å²) in [5, 5.41) is 12.8. The van der Waals surface area contributed by atoms with Crippen LogP contribution in [0.15, 0.2) is 82.6 Å². The van der Waals surface area contributed by atoms with Crippen molar-refractivity contribution in [2.24, 2.45) is 0 Å². The highest BCUT2D eigenvalue weighted by molar-refractivity contribution is 7.99. The Labute approximate surface area is 201 Å². The molecule has 2 aromatic carbocycles. The van der Waals surface area contributed by atoms with Gasteiger partial charge in [-0.05, 0) is 48.9 Å². The normalized spacial score (nSPS) is 11.8. The zero-order valence-electron chi connectivity index (χ0n) is 18.0. The first kappa shape index (κ1) is 22.9. The summed E-state index contributed by atoms with van der Waals surface area (Å²) in [6, 6.07) is 20.6. The van der Waals surface area contributed by atoms with Gasteiger partial charge in [0.15, 0.2) is 11.0 Å². The molecule has 1 atom stereocenters. The van der Waals surface area contributed by atoms with Crippen LogP contribution in [-0.4, -0.2) is 26.4 Å². The summed E-state index contributed by atoms with van der Waals surface area (Å²) in [7, 11) is 0. The number of carbonyl (C=O) groups excluding carboxylic acids is 1. The fourth-order valence-electron chi connectivity index (χ4n) is 3.17. The minimum atomic E-state index is -0.0807. The van der Waals surface area contributed by atoms with Crippen LogP contribution >= 0.6 is 23.4 Å². The number of furan rings is 1. The number of halogens is 1. The van der Waals surface area contributed by atoms with E-state index >= 15 is 0 Å². The Hall–Kier alpha value is -3.23. The lowest BCUT2D eigenvalue weighted by atomic mass is 10.1. The first-order chi connectivity index (χ1) is 16.1. The van der Waals surface area contributed by atoms with Crippen molar-refractivity contribution in [2.45, 2.75) is 31.3 Å². The summed E-state index contributed by atoms with van der Waals surface area (Å²) in [6.45, 7) is 2.61. The highest BCUT2D eigenvalue weighted by Crippen LogP contribution is 2.22. The third-order valence-electron chi connectivity index (χ3n) is 4.88. The summed E-state index contributed by atoms with van der Waals surface area (Å²) in [4.78, 5) is 12.5. The van der Waals surface area contributed by atoms with E-state index in [4.69, 9.17) is 20.8 Å². The summed E-state index contributed by atoms with van der Waals surface area (Å²) < 4.78 is 13.2. The molecule has 2 heterocycles. The third-order valence-corrected chi connectivity index (χ3v) is 6.10. The van der Waals surface area contributed by atoms with E-state index in [2.05, 4.69) is 15.5 Å². The van der Waals surface area contributed by atoms with Gasteiger partial charge in [0.05, 0.1) is 24.6 Å². The molecule has 7 nitrogen and oxygen atoms in total. The number of benzene rings is 2. The second-order valence-corrected chi connectivity index (χ2v) is 8.67. The zero-order chi connectivity index (χ0) is 23.0. The van der Waals surface area contributed by atoms with Crippen molar-refractivity contribution >= 4 is 29.3 Å². The number of carbonyl (C=O) groups is 1. The fraction of sp³-hybridized carbons (Fsp3) is 0.208. The Kier molecular flexibility index (Phi) is 7.70.